The molecule has 35 heavy (non-hydrogen) atoms. The Kier molecular flexibility index (Phi) is 8.62. The normalized spacial score (nSPS) is 25.8. The van der Waals surface area contributed by atoms with E-state index in [2.05, 4.69) is 0 Å². The Morgan fingerprint density at radius 3 is 2.66 bits per heavy atom. The monoisotopic (exact) mass is 515 g/mol. The summed E-state index contributed by atoms with van der Waals surface area (Å²) in [6.45, 7) is 3.58. The third-order valence-electron chi connectivity index (χ3n) is 5.30. The summed E-state index contributed by atoms with van der Waals surface area (Å²) in [6, 6.07) is 8.10. The summed E-state index contributed by atoms with van der Waals surface area (Å²) < 4.78 is 44.9. The Hall–Kier alpha value is -2.83. The van der Waals surface area contributed by atoms with Crippen molar-refractivity contribution in [3.05, 3.63) is 63.4 Å². The van der Waals surface area contributed by atoms with Crippen LogP contribution < -0.4 is 16.1 Å². The van der Waals surface area contributed by atoms with Crippen molar-refractivity contribution in [3.8, 4) is 5.75 Å². The van der Waals surface area contributed by atoms with Gasteiger partial charge in [0.2, 0.25) is 0 Å². The first kappa shape index (κ1) is 26.8. The summed E-state index contributed by atoms with van der Waals surface area (Å²) in [7, 11) is -3.30. The molecule has 1 saturated heterocycles. The molecule has 1 aromatic heterocycles. The van der Waals surface area contributed by atoms with Gasteiger partial charge in [-0.05, 0) is 32.9 Å². The molecule has 1 aliphatic heterocycles. The van der Waals surface area contributed by atoms with Gasteiger partial charge in [0.1, 0.15) is 24.0 Å². The average Bonchev–Trinajstić information content (AvgIpc) is 3.04. The maximum Gasteiger partial charge on any atom is 0.330 e. The van der Waals surface area contributed by atoms with Gasteiger partial charge in [0.15, 0.2) is 11.9 Å². The van der Waals surface area contributed by atoms with Crippen molar-refractivity contribution in [3.63, 3.8) is 0 Å². The second-order valence-electron chi connectivity index (χ2n) is 7.88. The predicted octanol–water partition coefficient (Wildman–Crippen LogP) is 1.18. The minimum atomic E-state index is -3.30. The fourth-order valence-electron chi connectivity index (χ4n) is 3.41. The Morgan fingerprint density at radius 1 is 1.34 bits per heavy atom. The Balaban J connectivity index is 1.75. The fourth-order valence-corrected chi connectivity index (χ4v) is 4.44. The van der Waals surface area contributed by atoms with Crippen LogP contribution in [-0.4, -0.2) is 62.6 Å². The number of benzene rings is 1. The first-order valence-corrected chi connectivity index (χ1v) is 12.0. The van der Waals surface area contributed by atoms with Gasteiger partial charge in [0.25, 0.3) is 13.7 Å². The zero-order chi connectivity index (χ0) is 25.8. The molecule has 1 fully saturated rings. The van der Waals surface area contributed by atoms with Crippen molar-refractivity contribution in [1.82, 2.24) is 14.4 Å². The van der Waals surface area contributed by atoms with E-state index in [1.165, 1.54) is 6.92 Å². The number of hydrogen-bond acceptors (Lipinski definition) is 9. The zero-order valence-electron chi connectivity index (χ0n) is 19.3. The number of aromatic amines is 1. The highest BCUT2D eigenvalue weighted by Gasteiger charge is 2.55. The van der Waals surface area contributed by atoms with E-state index in [0.717, 1.165) is 28.6 Å². The van der Waals surface area contributed by atoms with E-state index in [0.29, 0.717) is 0 Å². The van der Waals surface area contributed by atoms with E-state index in [1.807, 2.05) is 4.98 Å². The maximum absolute atomic E-state index is 15.3. The number of halogens is 1. The fraction of sp³-hybridized carbons (Fsp3) is 0.476. The van der Waals surface area contributed by atoms with Crippen LogP contribution in [0, 0.1) is 0 Å². The molecule has 12 nitrogen and oxygen atoms in total. The molecule has 2 heterocycles. The lowest BCUT2D eigenvalue weighted by molar-refractivity contribution is -0.154. The number of carbonyl (C=O) groups excluding carboxylic acids is 1. The van der Waals surface area contributed by atoms with Crippen LogP contribution >= 0.6 is 8.18 Å². The van der Waals surface area contributed by atoms with Gasteiger partial charge in [-0.3, -0.25) is 23.7 Å². The van der Waals surface area contributed by atoms with E-state index in [4.69, 9.17) is 18.8 Å². The molecule has 6 atom stereocenters. The van der Waals surface area contributed by atoms with Crippen molar-refractivity contribution >= 4 is 14.1 Å². The van der Waals surface area contributed by atoms with Crippen molar-refractivity contribution in [1.29, 1.82) is 0 Å². The highest BCUT2D eigenvalue weighted by Crippen LogP contribution is 2.42. The molecule has 2 unspecified atom stereocenters. The molecule has 1 aromatic carbocycles. The molecule has 14 heteroatoms. The maximum atomic E-state index is 15.3. The third-order valence-corrected chi connectivity index (χ3v) is 6.55. The van der Waals surface area contributed by atoms with Crippen LogP contribution in [-0.2, 0) is 23.4 Å². The van der Waals surface area contributed by atoms with Gasteiger partial charge in [-0.15, -0.1) is 0 Å². The lowest BCUT2D eigenvalue weighted by atomic mass is 9.98. The minimum Gasteiger partial charge on any atom is -0.465 e. The molecular formula is C21H27FN3O9P. The van der Waals surface area contributed by atoms with Crippen molar-refractivity contribution in [2.24, 2.45) is 0 Å². The zero-order valence-corrected chi connectivity index (χ0v) is 20.3. The number of aliphatic hydroxyl groups excluding tert-OH is 1. The van der Waals surface area contributed by atoms with Crippen LogP contribution in [0.4, 0.5) is 4.39 Å². The summed E-state index contributed by atoms with van der Waals surface area (Å²) in [5.41, 5.74) is -4.07. The lowest BCUT2D eigenvalue weighted by Gasteiger charge is -2.26. The van der Waals surface area contributed by atoms with E-state index in [9.17, 15) is 24.1 Å². The first-order valence-electron chi connectivity index (χ1n) is 10.8. The van der Waals surface area contributed by atoms with Gasteiger partial charge in [0, 0.05) is 12.3 Å². The number of aromatic nitrogens is 2. The minimum absolute atomic E-state index is 0.0901. The number of rotatable bonds is 10. The molecule has 1 aliphatic rings. The number of aliphatic hydroxyl groups is 1. The van der Waals surface area contributed by atoms with Crippen LogP contribution in [0.15, 0.2) is 52.2 Å². The number of carbonyl (C=O) groups is 1. The Labute approximate surface area is 200 Å². The number of nitrogens with zero attached hydrogens (tertiary/aromatic N) is 2. The van der Waals surface area contributed by atoms with Gasteiger partial charge in [-0.1, -0.05) is 23.0 Å². The molecule has 0 spiro atoms. The standard InChI is InChI=1S/C21H27FN3O9P/c1-4-31-18(28)13(2)25(34-14-8-6-5-7-9-14)35(30)32-12-15-17(27)21(3,22)19(33-15)24-11-10-16(26)23-20(24)29/h5-11,13,15,17,19,27,35H,4,12H2,1-3H3,(H,23,26,29)/t13?,15-,17-,19-,21-/m1/s1. The SMILES string of the molecule is CCOC(=O)C(C)N(Oc1ccccc1)[PH](=O)OC[C@H]1O[C@@H](n2ccc(=O)[nH]c2=O)[C@](C)(F)[C@@H]1O. The molecule has 0 saturated carbocycles. The molecule has 0 bridgehead atoms. The number of nitrogens with one attached hydrogen (secondary N) is 1. The number of ether oxygens (including phenoxy) is 2. The second-order valence-corrected chi connectivity index (χ2v) is 9.14. The molecule has 2 aromatic rings. The van der Waals surface area contributed by atoms with Crippen molar-refractivity contribution < 1.29 is 37.7 Å². The largest absolute Gasteiger partial charge is 0.465 e. The van der Waals surface area contributed by atoms with Crippen LogP contribution in [0.2, 0.25) is 0 Å². The summed E-state index contributed by atoms with van der Waals surface area (Å²) in [4.78, 5) is 44.0. The smallest absolute Gasteiger partial charge is 0.330 e. The van der Waals surface area contributed by atoms with E-state index in [-0.39, 0.29) is 12.4 Å². The number of H-pyrrole nitrogens is 1. The molecule has 0 amide bonds. The lowest BCUT2D eigenvalue weighted by Crippen LogP contribution is -2.43. The highest BCUT2D eigenvalue weighted by atomic mass is 31.1. The molecule has 3 rings (SSSR count). The van der Waals surface area contributed by atoms with Crippen LogP contribution in [0.3, 0.4) is 0 Å². The molecule has 192 valence electrons. The highest BCUT2D eigenvalue weighted by molar-refractivity contribution is 7.36. The average molecular weight is 515 g/mol. The number of hydroxylamine groups is 1. The van der Waals surface area contributed by atoms with E-state index >= 15 is 4.39 Å². The predicted molar refractivity (Wildman–Crippen MR) is 121 cm³/mol. The summed E-state index contributed by atoms with van der Waals surface area (Å²) >= 11 is 0. The number of alkyl halides is 1. The van der Waals surface area contributed by atoms with Gasteiger partial charge in [-0.25, -0.2) is 9.18 Å². The second kappa shape index (κ2) is 11.3. The summed E-state index contributed by atoms with van der Waals surface area (Å²) in [5, 5.41) is 10.5. The van der Waals surface area contributed by atoms with Crippen LogP contribution in [0.1, 0.15) is 27.0 Å². The summed E-state index contributed by atoms with van der Waals surface area (Å²) in [6.07, 6.45) is -3.65. The number of para-hydroxylation sites is 1. The van der Waals surface area contributed by atoms with Crippen LogP contribution in [0.25, 0.3) is 0 Å². The van der Waals surface area contributed by atoms with Gasteiger partial charge >= 0.3 is 11.7 Å². The van der Waals surface area contributed by atoms with Crippen molar-refractivity contribution in [2.75, 3.05) is 13.2 Å². The first-order chi connectivity index (χ1) is 16.6. The van der Waals surface area contributed by atoms with Crippen molar-refractivity contribution in [2.45, 2.75) is 50.9 Å². The van der Waals surface area contributed by atoms with Gasteiger partial charge < -0.3 is 23.9 Å². The quantitative estimate of drug-likeness (QED) is 0.268. The number of esters is 1. The molecule has 0 aliphatic carbocycles. The molecular weight excluding hydrogens is 488 g/mol. The number of hydrogen-bond donors (Lipinski definition) is 2. The Morgan fingerprint density at radius 2 is 2.03 bits per heavy atom. The molecule has 2 N–H and O–H groups in total. The van der Waals surface area contributed by atoms with Gasteiger partial charge in [0.05, 0.1) is 13.2 Å². The Bertz CT molecular complexity index is 1160. The third kappa shape index (κ3) is 6.06. The summed E-state index contributed by atoms with van der Waals surface area (Å²) in [5.74, 6) is -0.437. The van der Waals surface area contributed by atoms with E-state index in [1.54, 1.807) is 37.3 Å². The van der Waals surface area contributed by atoms with Crippen LogP contribution in [0.5, 0.6) is 5.75 Å². The van der Waals surface area contributed by atoms with E-state index < -0.39 is 62.2 Å². The van der Waals surface area contributed by atoms with Gasteiger partial charge in [-0.2, -0.15) is 0 Å². The topological polar surface area (TPSA) is 149 Å². The molecule has 0 radical (unpaired) electrons.